The maximum Gasteiger partial charge on any atom is 0.224 e. The molecular weight excluding hydrogens is 272 g/mol. The summed E-state index contributed by atoms with van der Waals surface area (Å²) in [5.74, 6) is 1.56. The Morgan fingerprint density at radius 1 is 1.14 bits per heavy atom. The van der Waals surface area contributed by atoms with Crippen LogP contribution in [0.2, 0.25) is 0 Å². The zero-order valence-electron chi connectivity index (χ0n) is 13.7. The van der Waals surface area contributed by atoms with Crippen molar-refractivity contribution in [2.75, 3.05) is 23.3 Å². The molecule has 0 radical (unpaired) electrons. The van der Waals surface area contributed by atoms with E-state index in [1.807, 2.05) is 12.1 Å². The summed E-state index contributed by atoms with van der Waals surface area (Å²) in [4.78, 5) is 14.6. The number of hydrogen-bond donors (Lipinski definition) is 1. The van der Waals surface area contributed by atoms with Crippen molar-refractivity contribution in [1.82, 2.24) is 0 Å². The highest BCUT2D eigenvalue weighted by Gasteiger charge is 2.19. The second-order valence-corrected chi connectivity index (χ2v) is 7.14. The van der Waals surface area contributed by atoms with Crippen LogP contribution < -0.4 is 10.2 Å². The molecule has 22 heavy (non-hydrogen) atoms. The van der Waals surface area contributed by atoms with Crippen molar-refractivity contribution in [3.8, 4) is 0 Å². The fourth-order valence-electron chi connectivity index (χ4n) is 3.79. The van der Waals surface area contributed by atoms with Gasteiger partial charge in [-0.05, 0) is 55.4 Å². The molecule has 1 atom stereocenters. The highest BCUT2D eigenvalue weighted by atomic mass is 16.1. The van der Waals surface area contributed by atoms with Gasteiger partial charge in [-0.25, -0.2) is 0 Å². The fourth-order valence-corrected chi connectivity index (χ4v) is 3.79. The van der Waals surface area contributed by atoms with E-state index in [0.717, 1.165) is 24.7 Å². The molecule has 1 aromatic rings. The lowest BCUT2D eigenvalue weighted by Crippen LogP contribution is -2.19. The van der Waals surface area contributed by atoms with Gasteiger partial charge in [-0.2, -0.15) is 0 Å². The van der Waals surface area contributed by atoms with Gasteiger partial charge < -0.3 is 10.2 Å². The molecule has 2 aliphatic rings. The van der Waals surface area contributed by atoms with Crippen molar-refractivity contribution in [2.24, 2.45) is 11.8 Å². The summed E-state index contributed by atoms with van der Waals surface area (Å²) in [5.41, 5.74) is 2.20. The highest BCUT2D eigenvalue weighted by molar-refractivity contribution is 5.91. The molecule has 1 aromatic carbocycles. The molecule has 3 heteroatoms. The Labute approximate surface area is 134 Å². The van der Waals surface area contributed by atoms with E-state index >= 15 is 0 Å². The predicted molar refractivity (Wildman–Crippen MR) is 92.3 cm³/mol. The van der Waals surface area contributed by atoms with Crippen molar-refractivity contribution in [1.29, 1.82) is 0 Å². The summed E-state index contributed by atoms with van der Waals surface area (Å²) >= 11 is 0. The van der Waals surface area contributed by atoms with E-state index in [1.54, 1.807) is 0 Å². The minimum Gasteiger partial charge on any atom is -0.371 e. The van der Waals surface area contributed by atoms with Gasteiger partial charge in [0.1, 0.15) is 0 Å². The molecule has 1 saturated carbocycles. The molecule has 1 amide bonds. The third-order valence-electron chi connectivity index (χ3n) is 5.14. The van der Waals surface area contributed by atoms with Crippen LogP contribution in [0.25, 0.3) is 0 Å². The Bertz CT molecular complexity index is 491. The topological polar surface area (TPSA) is 32.3 Å². The zero-order valence-corrected chi connectivity index (χ0v) is 13.7. The highest BCUT2D eigenvalue weighted by Crippen LogP contribution is 2.27. The Morgan fingerprint density at radius 2 is 1.86 bits per heavy atom. The van der Waals surface area contributed by atoms with E-state index in [2.05, 4.69) is 29.3 Å². The van der Waals surface area contributed by atoms with Gasteiger partial charge in [0.25, 0.3) is 0 Å². The van der Waals surface area contributed by atoms with Crippen LogP contribution in [0, 0.1) is 11.8 Å². The largest absolute Gasteiger partial charge is 0.371 e. The number of nitrogens with one attached hydrogen (secondary N) is 1. The van der Waals surface area contributed by atoms with Crippen molar-refractivity contribution >= 4 is 17.3 Å². The van der Waals surface area contributed by atoms with Crippen LogP contribution >= 0.6 is 0 Å². The Morgan fingerprint density at radius 3 is 2.50 bits per heavy atom. The number of carbonyl (C=O) groups is 1. The number of hydrogen-bond acceptors (Lipinski definition) is 2. The SMILES string of the molecule is CC1CCN(c2ccc(NC(=O)CC3CCCCC3)cc2)C1. The minimum absolute atomic E-state index is 0.175. The zero-order chi connectivity index (χ0) is 15.4. The maximum absolute atomic E-state index is 12.1. The molecular formula is C19H28N2O. The van der Waals surface area contributed by atoms with Crippen molar-refractivity contribution < 1.29 is 4.79 Å². The van der Waals surface area contributed by atoms with E-state index in [4.69, 9.17) is 0 Å². The third-order valence-corrected chi connectivity index (χ3v) is 5.14. The summed E-state index contributed by atoms with van der Waals surface area (Å²) < 4.78 is 0. The lowest BCUT2D eigenvalue weighted by atomic mass is 9.87. The van der Waals surface area contributed by atoms with Crippen LogP contribution in [0.4, 0.5) is 11.4 Å². The molecule has 2 fully saturated rings. The van der Waals surface area contributed by atoms with E-state index in [0.29, 0.717) is 12.3 Å². The van der Waals surface area contributed by atoms with Crippen LogP contribution in [0.15, 0.2) is 24.3 Å². The molecule has 1 aliphatic heterocycles. The molecule has 0 bridgehead atoms. The Hall–Kier alpha value is -1.51. The first-order valence-electron chi connectivity index (χ1n) is 8.85. The average Bonchev–Trinajstić information content (AvgIpc) is 2.95. The van der Waals surface area contributed by atoms with E-state index in [-0.39, 0.29) is 5.91 Å². The van der Waals surface area contributed by atoms with Crippen LogP contribution in [0.5, 0.6) is 0 Å². The van der Waals surface area contributed by atoms with Gasteiger partial charge in [0.15, 0.2) is 0 Å². The van der Waals surface area contributed by atoms with E-state index in [1.165, 1.54) is 44.2 Å². The van der Waals surface area contributed by atoms with Gasteiger partial charge in [0.05, 0.1) is 0 Å². The first-order valence-corrected chi connectivity index (χ1v) is 8.85. The Balaban J connectivity index is 1.51. The first-order chi connectivity index (χ1) is 10.7. The molecule has 3 rings (SSSR count). The number of nitrogens with zero attached hydrogens (tertiary/aromatic N) is 1. The van der Waals surface area contributed by atoms with Gasteiger partial charge in [0.2, 0.25) is 5.91 Å². The van der Waals surface area contributed by atoms with Gasteiger partial charge >= 0.3 is 0 Å². The summed E-state index contributed by atoms with van der Waals surface area (Å²) in [7, 11) is 0. The normalized spacial score (nSPS) is 22.8. The van der Waals surface area contributed by atoms with Crippen molar-refractivity contribution in [2.45, 2.75) is 51.9 Å². The van der Waals surface area contributed by atoms with Crippen LogP contribution in [0.3, 0.4) is 0 Å². The molecule has 1 aliphatic carbocycles. The first kappa shape index (κ1) is 15.4. The number of anilines is 2. The second kappa shape index (κ2) is 7.17. The van der Waals surface area contributed by atoms with E-state index < -0.39 is 0 Å². The van der Waals surface area contributed by atoms with Crippen LogP contribution in [0.1, 0.15) is 51.9 Å². The van der Waals surface area contributed by atoms with Crippen LogP contribution in [-0.2, 0) is 4.79 Å². The predicted octanol–water partition coefficient (Wildman–Crippen LogP) is 4.44. The fraction of sp³-hybridized carbons (Fsp3) is 0.632. The minimum atomic E-state index is 0.175. The molecule has 120 valence electrons. The lowest BCUT2D eigenvalue weighted by molar-refractivity contribution is -0.117. The maximum atomic E-state index is 12.1. The summed E-state index contributed by atoms with van der Waals surface area (Å²) in [5, 5.41) is 3.06. The Kier molecular flexibility index (Phi) is 5.01. The smallest absolute Gasteiger partial charge is 0.224 e. The standard InChI is InChI=1S/C19H28N2O/c1-15-11-12-21(14-15)18-9-7-17(8-10-18)20-19(22)13-16-5-3-2-4-6-16/h7-10,15-16H,2-6,11-14H2,1H3,(H,20,22). The van der Waals surface area contributed by atoms with Crippen LogP contribution in [-0.4, -0.2) is 19.0 Å². The van der Waals surface area contributed by atoms with Gasteiger partial charge in [-0.1, -0.05) is 26.2 Å². The third kappa shape index (κ3) is 4.02. The number of benzene rings is 1. The van der Waals surface area contributed by atoms with Gasteiger partial charge in [0, 0.05) is 30.9 Å². The lowest BCUT2D eigenvalue weighted by Gasteiger charge is -2.21. The molecule has 1 saturated heterocycles. The summed E-state index contributed by atoms with van der Waals surface area (Å²) in [6.45, 7) is 4.60. The molecule has 1 heterocycles. The molecule has 1 unspecified atom stereocenters. The monoisotopic (exact) mass is 300 g/mol. The van der Waals surface area contributed by atoms with Crippen molar-refractivity contribution in [3.05, 3.63) is 24.3 Å². The summed E-state index contributed by atoms with van der Waals surface area (Å²) in [6.07, 6.45) is 8.33. The molecule has 0 spiro atoms. The average molecular weight is 300 g/mol. The molecule has 1 N–H and O–H groups in total. The van der Waals surface area contributed by atoms with Gasteiger partial charge in [-0.15, -0.1) is 0 Å². The van der Waals surface area contributed by atoms with Crippen molar-refractivity contribution in [3.63, 3.8) is 0 Å². The molecule has 3 nitrogen and oxygen atoms in total. The van der Waals surface area contributed by atoms with Gasteiger partial charge in [-0.3, -0.25) is 4.79 Å². The quantitative estimate of drug-likeness (QED) is 0.891. The number of rotatable bonds is 4. The van der Waals surface area contributed by atoms with E-state index in [9.17, 15) is 4.79 Å². The number of carbonyl (C=O) groups excluding carboxylic acids is 1. The second-order valence-electron chi connectivity index (χ2n) is 7.14. The number of amides is 1. The summed E-state index contributed by atoms with van der Waals surface area (Å²) in [6, 6.07) is 8.34. The molecule has 0 aromatic heterocycles.